The van der Waals surface area contributed by atoms with Gasteiger partial charge in [0.25, 0.3) is 5.69 Å². The molecule has 0 radical (unpaired) electrons. The molecule has 22 heavy (non-hydrogen) atoms. The predicted molar refractivity (Wildman–Crippen MR) is 79.9 cm³/mol. The lowest BCUT2D eigenvalue weighted by Crippen LogP contribution is -2.05. The van der Waals surface area contributed by atoms with Crippen molar-refractivity contribution in [3.63, 3.8) is 0 Å². The van der Waals surface area contributed by atoms with Gasteiger partial charge in [-0.1, -0.05) is 24.1 Å². The summed E-state index contributed by atoms with van der Waals surface area (Å²) in [5.74, 6) is 4.50. The number of ether oxygens (including phenoxy) is 1. The lowest BCUT2D eigenvalue weighted by atomic mass is 10.1. The second-order valence-corrected chi connectivity index (χ2v) is 4.25. The van der Waals surface area contributed by atoms with Crippen molar-refractivity contribution >= 4 is 11.7 Å². The first-order valence-electron chi connectivity index (χ1n) is 6.36. The number of rotatable bonds is 3. The van der Waals surface area contributed by atoms with E-state index in [2.05, 4.69) is 11.8 Å². The molecule has 2 rings (SSSR count). The van der Waals surface area contributed by atoms with Gasteiger partial charge in [0, 0.05) is 30.2 Å². The SMILES string of the molecule is NCc1ccccc1C#CC(=O)Oc1ccc([N+](=O)[O-])cc1. The summed E-state index contributed by atoms with van der Waals surface area (Å²) in [7, 11) is 0. The Labute approximate surface area is 126 Å². The number of non-ortho nitro benzene ring substituents is 1. The number of carbonyl (C=O) groups excluding carboxylic acids is 1. The number of nitro groups is 1. The molecule has 0 aliphatic carbocycles. The van der Waals surface area contributed by atoms with E-state index in [1.165, 1.54) is 24.3 Å². The first kappa shape index (κ1) is 15.2. The molecular formula is C16H12N2O4. The highest BCUT2D eigenvalue weighted by molar-refractivity contribution is 5.90. The number of nitro benzene ring substituents is 1. The lowest BCUT2D eigenvalue weighted by molar-refractivity contribution is -0.384. The quantitative estimate of drug-likeness (QED) is 0.307. The van der Waals surface area contributed by atoms with Crippen LogP contribution >= 0.6 is 0 Å². The summed E-state index contributed by atoms with van der Waals surface area (Å²) >= 11 is 0. The average Bonchev–Trinajstić information content (AvgIpc) is 2.53. The Bertz CT molecular complexity index is 758. The number of hydrogen-bond acceptors (Lipinski definition) is 5. The zero-order valence-electron chi connectivity index (χ0n) is 11.5. The fraction of sp³-hybridized carbons (Fsp3) is 0.0625. The molecule has 2 aromatic rings. The van der Waals surface area contributed by atoms with E-state index in [0.29, 0.717) is 12.1 Å². The van der Waals surface area contributed by atoms with Crippen LogP contribution in [0.5, 0.6) is 5.75 Å². The molecule has 0 spiro atoms. The molecule has 6 nitrogen and oxygen atoms in total. The van der Waals surface area contributed by atoms with Gasteiger partial charge in [0.05, 0.1) is 4.92 Å². The molecule has 0 heterocycles. The Morgan fingerprint density at radius 1 is 1.18 bits per heavy atom. The van der Waals surface area contributed by atoms with Crippen molar-refractivity contribution in [2.24, 2.45) is 5.73 Å². The third-order valence-corrected chi connectivity index (χ3v) is 2.79. The first-order chi connectivity index (χ1) is 10.6. The Kier molecular flexibility index (Phi) is 4.85. The predicted octanol–water partition coefficient (Wildman–Crippen LogP) is 2.01. The van der Waals surface area contributed by atoms with Crippen LogP contribution in [0.15, 0.2) is 48.5 Å². The van der Waals surface area contributed by atoms with Crippen molar-refractivity contribution in [3.8, 4) is 17.6 Å². The van der Waals surface area contributed by atoms with Crippen molar-refractivity contribution in [1.82, 2.24) is 0 Å². The van der Waals surface area contributed by atoms with E-state index in [1.54, 1.807) is 12.1 Å². The topological polar surface area (TPSA) is 95.5 Å². The number of hydrogen-bond donors (Lipinski definition) is 1. The first-order valence-corrected chi connectivity index (χ1v) is 6.36. The highest BCUT2D eigenvalue weighted by Crippen LogP contribution is 2.17. The third-order valence-electron chi connectivity index (χ3n) is 2.79. The maximum atomic E-state index is 11.6. The molecule has 0 amide bonds. The fourth-order valence-corrected chi connectivity index (χ4v) is 1.71. The minimum atomic E-state index is -0.749. The summed E-state index contributed by atoms with van der Waals surface area (Å²) in [5.41, 5.74) is 6.99. The van der Waals surface area contributed by atoms with E-state index in [1.807, 2.05) is 12.1 Å². The summed E-state index contributed by atoms with van der Waals surface area (Å²) < 4.78 is 4.98. The number of esters is 1. The van der Waals surface area contributed by atoms with Crippen LogP contribution in [0.4, 0.5) is 5.69 Å². The number of nitrogens with zero attached hydrogens (tertiary/aromatic N) is 1. The largest absolute Gasteiger partial charge is 0.417 e. The third kappa shape index (κ3) is 3.91. The molecular weight excluding hydrogens is 284 g/mol. The minimum Gasteiger partial charge on any atom is -0.417 e. The summed E-state index contributed by atoms with van der Waals surface area (Å²) in [5, 5.41) is 10.5. The van der Waals surface area contributed by atoms with Gasteiger partial charge in [-0.15, -0.1) is 0 Å². The van der Waals surface area contributed by atoms with Crippen molar-refractivity contribution in [1.29, 1.82) is 0 Å². The Balaban J connectivity index is 2.07. The van der Waals surface area contributed by atoms with E-state index >= 15 is 0 Å². The molecule has 0 atom stereocenters. The fourth-order valence-electron chi connectivity index (χ4n) is 1.71. The highest BCUT2D eigenvalue weighted by atomic mass is 16.6. The van der Waals surface area contributed by atoms with Gasteiger partial charge in [-0.25, -0.2) is 4.79 Å². The van der Waals surface area contributed by atoms with Gasteiger partial charge in [0.15, 0.2) is 0 Å². The van der Waals surface area contributed by atoms with Gasteiger partial charge in [0.1, 0.15) is 5.75 Å². The molecule has 0 saturated carbocycles. The summed E-state index contributed by atoms with van der Waals surface area (Å²) in [4.78, 5) is 21.6. The van der Waals surface area contributed by atoms with Crippen LogP contribution in [0.25, 0.3) is 0 Å². The van der Waals surface area contributed by atoms with Gasteiger partial charge in [-0.05, 0) is 23.8 Å². The molecule has 6 heteroatoms. The van der Waals surface area contributed by atoms with Crippen LogP contribution in [0.1, 0.15) is 11.1 Å². The molecule has 0 unspecified atom stereocenters. The second kappa shape index (κ2) is 7.02. The second-order valence-electron chi connectivity index (χ2n) is 4.25. The van der Waals surface area contributed by atoms with Gasteiger partial charge in [-0.2, -0.15) is 0 Å². The normalized spacial score (nSPS) is 9.50. The summed E-state index contributed by atoms with van der Waals surface area (Å²) in [6.45, 7) is 0.322. The van der Waals surface area contributed by atoms with E-state index in [9.17, 15) is 14.9 Å². The summed E-state index contributed by atoms with van der Waals surface area (Å²) in [6, 6.07) is 12.4. The van der Waals surface area contributed by atoms with Crippen molar-refractivity contribution < 1.29 is 14.5 Å². The van der Waals surface area contributed by atoms with Crippen LogP contribution in [0.3, 0.4) is 0 Å². The van der Waals surface area contributed by atoms with Crippen LogP contribution in [-0.4, -0.2) is 10.9 Å². The zero-order valence-corrected chi connectivity index (χ0v) is 11.5. The maximum absolute atomic E-state index is 11.6. The monoisotopic (exact) mass is 296 g/mol. The minimum absolute atomic E-state index is 0.0808. The number of benzene rings is 2. The molecule has 0 fully saturated rings. The van der Waals surface area contributed by atoms with Gasteiger partial charge < -0.3 is 10.5 Å². The smallest absolute Gasteiger partial charge is 0.390 e. The molecule has 2 N–H and O–H groups in total. The van der Waals surface area contributed by atoms with Crippen LogP contribution < -0.4 is 10.5 Å². The van der Waals surface area contributed by atoms with E-state index in [-0.39, 0.29) is 11.4 Å². The van der Waals surface area contributed by atoms with Crippen LogP contribution in [-0.2, 0) is 11.3 Å². The zero-order chi connectivity index (χ0) is 15.9. The standard InChI is InChI=1S/C16H12N2O4/c17-11-13-4-2-1-3-12(13)5-10-16(19)22-15-8-6-14(7-9-15)18(20)21/h1-4,6-9H,11,17H2. The van der Waals surface area contributed by atoms with E-state index < -0.39 is 10.9 Å². The molecule has 0 aromatic heterocycles. The van der Waals surface area contributed by atoms with Crippen molar-refractivity contribution in [2.75, 3.05) is 0 Å². The molecule has 0 aliphatic heterocycles. The highest BCUT2D eigenvalue weighted by Gasteiger charge is 2.06. The van der Waals surface area contributed by atoms with Crippen LogP contribution in [0.2, 0.25) is 0 Å². The Morgan fingerprint density at radius 3 is 2.50 bits per heavy atom. The molecule has 0 bridgehead atoms. The summed E-state index contributed by atoms with van der Waals surface area (Å²) in [6.07, 6.45) is 0. The average molecular weight is 296 g/mol. The molecule has 0 saturated heterocycles. The molecule has 2 aromatic carbocycles. The van der Waals surface area contributed by atoms with Gasteiger partial charge in [-0.3, -0.25) is 10.1 Å². The Hall–Kier alpha value is -3.17. The van der Waals surface area contributed by atoms with Gasteiger partial charge >= 0.3 is 5.97 Å². The molecule has 0 aliphatic rings. The Morgan fingerprint density at radius 2 is 1.86 bits per heavy atom. The molecule has 110 valence electrons. The van der Waals surface area contributed by atoms with Gasteiger partial charge in [0.2, 0.25) is 0 Å². The van der Waals surface area contributed by atoms with Crippen LogP contribution in [0, 0.1) is 22.0 Å². The lowest BCUT2D eigenvalue weighted by Gasteiger charge is -2.00. The van der Waals surface area contributed by atoms with Crippen molar-refractivity contribution in [3.05, 3.63) is 69.8 Å². The van der Waals surface area contributed by atoms with E-state index in [0.717, 1.165) is 5.56 Å². The maximum Gasteiger partial charge on any atom is 0.390 e. The number of carbonyl (C=O) groups is 1. The van der Waals surface area contributed by atoms with Crippen molar-refractivity contribution in [2.45, 2.75) is 6.54 Å². The number of nitrogens with two attached hydrogens (primary N) is 1. The van der Waals surface area contributed by atoms with E-state index in [4.69, 9.17) is 10.5 Å².